The fourth-order valence-corrected chi connectivity index (χ4v) is 3.65. The molecule has 30 heavy (non-hydrogen) atoms. The van der Waals surface area contributed by atoms with Crippen LogP contribution >= 0.6 is 0 Å². The standard InChI is InChI=1S/C18H16F3N7O2/c1-9-5-10(2)28-17(23-9)11(6-22-28)16-24-14(30-26-16)7-27-13-3-4-29-8-12(13)15(25-27)18(19,20)21/h5-6H,3-4,7-8H2,1-2H3. The number of rotatable bonds is 3. The SMILES string of the molecule is Cc1cc(C)n2ncc(-c3noc(Cn4nc(C(F)(F)F)c5c4CCOC5)n3)c2n1. The van der Waals surface area contributed by atoms with Crippen LogP contribution in [0.15, 0.2) is 16.8 Å². The molecule has 0 aromatic carbocycles. The first-order chi connectivity index (χ1) is 14.3. The summed E-state index contributed by atoms with van der Waals surface area (Å²) in [5, 5.41) is 12.0. The van der Waals surface area contributed by atoms with Crippen LogP contribution < -0.4 is 0 Å². The molecule has 0 bridgehead atoms. The lowest BCUT2D eigenvalue weighted by Crippen LogP contribution is -2.15. The number of alkyl halides is 3. The molecule has 0 saturated carbocycles. The molecule has 0 fully saturated rings. The second-order valence-electron chi connectivity index (χ2n) is 7.08. The molecule has 156 valence electrons. The first kappa shape index (κ1) is 18.7. The Morgan fingerprint density at radius 1 is 1.20 bits per heavy atom. The summed E-state index contributed by atoms with van der Waals surface area (Å²) < 4.78 is 53.4. The fourth-order valence-electron chi connectivity index (χ4n) is 3.65. The lowest BCUT2D eigenvalue weighted by atomic mass is 10.1. The van der Waals surface area contributed by atoms with Crippen LogP contribution in [-0.4, -0.2) is 41.1 Å². The highest BCUT2D eigenvalue weighted by Crippen LogP contribution is 2.34. The molecule has 0 saturated heterocycles. The molecule has 1 aliphatic rings. The number of hydrogen-bond donors (Lipinski definition) is 0. The molecule has 5 heterocycles. The van der Waals surface area contributed by atoms with E-state index in [4.69, 9.17) is 9.26 Å². The largest absolute Gasteiger partial charge is 0.435 e. The van der Waals surface area contributed by atoms with Crippen LogP contribution in [0.5, 0.6) is 0 Å². The van der Waals surface area contributed by atoms with Crippen LogP contribution in [-0.2, 0) is 30.5 Å². The topological polar surface area (TPSA) is 96.2 Å². The predicted octanol–water partition coefficient (Wildman–Crippen LogP) is 2.73. The highest BCUT2D eigenvalue weighted by molar-refractivity contribution is 5.72. The van der Waals surface area contributed by atoms with Gasteiger partial charge in [-0.3, -0.25) is 4.68 Å². The zero-order chi connectivity index (χ0) is 21.0. The van der Waals surface area contributed by atoms with E-state index in [0.29, 0.717) is 29.9 Å². The Kier molecular flexibility index (Phi) is 4.13. The Balaban J connectivity index is 1.50. The van der Waals surface area contributed by atoms with Gasteiger partial charge in [-0.2, -0.15) is 28.4 Å². The second-order valence-corrected chi connectivity index (χ2v) is 7.08. The molecule has 9 nitrogen and oxygen atoms in total. The fraction of sp³-hybridized carbons (Fsp3) is 0.389. The van der Waals surface area contributed by atoms with Gasteiger partial charge in [0.2, 0.25) is 11.7 Å². The van der Waals surface area contributed by atoms with Crippen molar-refractivity contribution in [3.05, 3.63) is 46.5 Å². The number of hydrogen-bond acceptors (Lipinski definition) is 7. The van der Waals surface area contributed by atoms with Gasteiger partial charge in [-0.25, -0.2) is 9.50 Å². The molecule has 0 unspecified atom stereocenters. The summed E-state index contributed by atoms with van der Waals surface area (Å²) in [6.07, 6.45) is -2.65. The summed E-state index contributed by atoms with van der Waals surface area (Å²) in [4.78, 5) is 8.81. The van der Waals surface area contributed by atoms with Crippen LogP contribution in [0.3, 0.4) is 0 Å². The van der Waals surface area contributed by atoms with Crippen molar-refractivity contribution in [1.29, 1.82) is 0 Å². The zero-order valence-corrected chi connectivity index (χ0v) is 16.1. The average Bonchev–Trinajstić information content (AvgIpc) is 3.39. The second kappa shape index (κ2) is 6.62. The van der Waals surface area contributed by atoms with E-state index in [0.717, 1.165) is 11.4 Å². The summed E-state index contributed by atoms with van der Waals surface area (Å²) in [7, 11) is 0. The van der Waals surface area contributed by atoms with Crippen LogP contribution in [0.25, 0.3) is 17.0 Å². The first-order valence-electron chi connectivity index (χ1n) is 9.19. The number of aryl methyl sites for hydroxylation is 2. The van der Waals surface area contributed by atoms with Crippen molar-refractivity contribution in [2.24, 2.45) is 0 Å². The summed E-state index contributed by atoms with van der Waals surface area (Å²) in [5.41, 5.74) is 2.46. The number of fused-ring (bicyclic) bond motifs is 2. The van der Waals surface area contributed by atoms with E-state index in [-0.39, 0.29) is 30.4 Å². The minimum Gasteiger partial charge on any atom is -0.376 e. The Morgan fingerprint density at radius 3 is 2.83 bits per heavy atom. The molecule has 1 aliphatic heterocycles. The number of halogens is 3. The molecule has 5 rings (SSSR count). The monoisotopic (exact) mass is 419 g/mol. The Hall–Kier alpha value is -3.28. The quantitative estimate of drug-likeness (QED) is 0.504. The maximum Gasteiger partial charge on any atom is 0.435 e. The molecule has 0 aliphatic carbocycles. The molecule has 0 radical (unpaired) electrons. The van der Waals surface area contributed by atoms with Crippen LogP contribution in [0.2, 0.25) is 0 Å². The third-order valence-corrected chi connectivity index (χ3v) is 4.94. The maximum atomic E-state index is 13.3. The van der Waals surface area contributed by atoms with E-state index in [1.54, 1.807) is 10.7 Å². The molecular formula is C18H16F3N7O2. The Bertz CT molecular complexity index is 1250. The minimum atomic E-state index is -4.56. The van der Waals surface area contributed by atoms with Gasteiger partial charge in [0.05, 0.1) is 25.0 Å². The van der Waals surface area contributed by atoms with Gasteiger partial charge in [-0.15, -0.1) is 0 Å². The van der Waals surface area contributed by atoms with Crippen molar-refractivity contribution in [2.45, 2.75) is 39.6 Å². The zero-order valence-electron chi connectivity index (χ0n) is 16.1. The van der Waals surface area contributed by atoms with Gasteiger partial charge in [0, 0.05) is 29.1 Å². The molecule has 12 heteroatoms. The van der Waals surface area contributed by atoms with Crippen LogP contribution in [0.1, 0.15) is 34.2 Å². The van der Waals surface area contributed by atoms with Gasteiger partial charge in [0.1, 0.15) is 6.54 Å². The molecule has 0 atom stereocenters. The highest BCUT2D eigenvalue weighted by Gasteiger charge is 2.40. The van der Waals surface area contributed by atoms with Gasteiger partial charge in [0.15, 0.2) is 11.3 Å². The van der Waals surface area contributed by atoms with Gasteiger partial charge in [-0.1, -0.05) is 5.16 Å². The number of ether oxygens (including phenoxy) is 1. The van der Waals surface area contributed by atoms with Crippen molar-refractivity contribution in [1.82, 2.24) is 34.5 Å². The number of nitrogens with zero attached hydrogens (tertiary/aromatic N) is 7. The molecule has 0 spiro atoms. The maximum absolute atomic E-state index is 13.3. The lowest BCUT2D eigenvalue weighted by molar-refractivity contribution is -0.142. The first-order valence-corrected chi connectivity index (χ1v) is 9.19. The smallest absolute Gasteiger partial charge is 0.376 e. The van der Waals surface area contributed by atoms with Gasteiger partial charge in [0.25, 0.3) is 0 Å². The molecule has 4 aromatic heterocycles. The molecular weight excluding hydrogens is 403 g/mol. The van der Waals surface area contributed by atoms with E-state index in [1.807, 2.05) is 19.9 Å². The van der Waals surface area contributed by atoms with E-state index in [1.165, 1.54) is 4.68 Å². The summed E-state index contributed by atoms with van der Waals surface area (Å²) >= 11 is 0. The third-order valence-electron chi connectivity index (χ3n) is 4.94. The summed E-state index contributed by atoms with van der Waals surface area (Å²) in [6.45, 7) is 3.91. The third kappa shape index (κ3) is 3.03. The van der Waals surface area contributed by atoms with Crippen molar-refractivity contribution in [2.75, 3.05) is 6.61 Å². The van der Waals surface area contributed by atoms with E-state index >= 15 is 0 Å². The summed E-state index contributed by atoms with van der Waals surface area (Å²) in [6, 6.07) is 1.90. The van der Waals surface area contributed by atoms with Crippen molar-refractivity contribution >= 4 is 5.65 Å². The Labute approximate surface area is 167 Å². The normalized spacial score (nSPS) is 14.4. The predicted molar refractivity (Wildman–Crippen MR) is 95.4 cm³/mol. The minimum absolute atomic E-state index is 0.0614. The van der Waals surface area contributed by atoms with E-state index in [9.17, 15) is 13.2 Å². The van der Waals surface area contributed by atoms with E-state index in [2.05, 4.69) is 25.3 Å². The summed E-state index contributed by atoms with van der Waals surface area (Å²) in [5.74, 6) is 0.400. The van der Waals surface area contributed by atoms with Gasteiger partial charge in [-0.05, 0) is 19.9 Å². The van der Waals surface area contributed by atoms with E-state index < -0.39 is 11.9 Å². The molecule has 4 aromatic rings. The van der Waals surface area contributed by atoms with Crippen molar-refractivity contribution in [3.8, 4) is 11.4 Å². The highest BCUT2D eigenvalue weighted by atomic mass is 19.4. The van der Waals surface area contributed by atoms with Gasteiger partial charge >= 0.3 is 6.18 Å². The average molecular weight is 419 g/mol. The number of aromatic nitrogens is 7. The van der Waals surface area contributed by atoms with Gasteiger partial charge < -0.3 is 9.26 Å². The Morgan fingerprint density at radius 2 is 2.03 bits per heavy atom. The van der Waals surface area contributed by atoms with Crippen LogP contribution in [0, 0.1) is 13.8 Å². The lowest BCUT2D eigenvalue weighted by Gasteiger charge is -2.14. The molecule has 0 N–H and O–H groups in total. The van der Waals surface area contributed by atoms with Crippen molar-refractivity contribution < 1.29 is 22.4 Å². The van der Waals surface area contributed by atoms with Crippen molar-refractivity contribution in [3.63, 3.8) is 0 Å². The van der Waals surface area contributed by atoms with Crippen LogP contribution in [0.4, 0.5) is 13.2 Å². The molecule has 0 amide bonds.